The van der Waals surface area contributed by atoms with Crippen LogP contribution in [0, 0.1) is 18.6 Å². The predicted octanol–water partition coefficient (Wildman–Crippen LogP) is 3.17. The maximum atomic E-state index is 12.5. The molecule has 1 aromatic carbocycles. The normalized spacial score (nSPS) is 11.8. The Hall–Kier alpha value is -1.13. The van der Waals surface area contributed by atoms with Gasteiger partial charge in [0, 0.05) is 6.07 Å². The van der Waals surface area contributed by atoms with E-state index in [-0.39, 0.29) is 6.07 Å². The Labute approximate surface area is 71.0 Å². The molecule has 0 aromatic heterocycles. The molecule has 0 bridgehead atoms. The van der Waals surface area contributed by atoms with Crippen molar-refractivity contribution in [2.75, 3.05) is 0 Å². The van der Waals surface area contributed by atoms with Crippen LogP contribution < -0.4 is 0 Å². The molecule has 0 saturated heterocycles. The molecule has 13 heavy (non-hydrogen) atoms. The van der Waals surface area contributed by atoms with E-state index in [0.717, 1.165) is 0 Å². The van der Waals surface area contributed by atoms with Crippen molar-refractivity contribution in [1.29, 1.82) is 0 Å². The lowest BCUT2D eigenvalue weighted by molar-refractivity contribution is -0.140. The van der Waals surface area contributed by atoms with Crippen LogP contribution in [0.2, 0.25) is 0 Å². The number of hydrogen-bond donors (Lipinski definition) is 0. The second kappa shape index (κ2) is 2.97. The van der Waals surface area contributed by atoms with Gasteiger partial charge in [0.25, 0.3) is 0 Å². The summed E-state index contributed by atoms with van der Waals surface area (Å²) in [6, 6.07) is 0.510. The maximum Gasteiger partial charge on any atom is 0.419 e. The third kappa shape index (κ3) is 1.96. The molecule has 0 heterocycles. The fourth-order valence-electron chi connectivity index (χ4n) is 0.811. The standard InChI is InChI=1S/C8H4F5/c1-4-2-5(8(11,12)13)7(10)3-6(4)9/h2-3H,1H2. The van der Waals surface area contributed by atoms with Crippen LogP contribution in [0.4, 0.5) is 22.0 Å². The van der Waals surface area contributed by atoms with Crippen LogP contribution in [-0.2, 0) is 6.18 Å². The third-order valence-corrected chi connectivity index (χ3v) is 1.44. The summed E-state index contributed by atoms with van der Waals surface area (Å²) in [6.45, 7) is 2.99. The molecule has 1 aromatic rings. The van der Waals surface area contributed by atoms with E-state index in [4.69, 9.17) is 0 Å². The summed E-state index contributed by atoms with van der Waals surface area (Å²) in [5, 5.41) is 0. The summed E-state index contributed by atoms with van der Waals surface area (Å²) < 4.78 is 60.9. The van der Waals surface area contributed by atoms with Crippen molar-refractivity contribution in [1.82, 2.24) is 0 Å². The van der Waals surface area contributed by atoms with Gasteiger partial charge in [-0.25, -0.2) is 8.78 Å². The van der Waals surface area contributed by atoms with Crippen LogP contribution in [0.3, 0.4) is 0 Å². The highest BCUT2D eigenvalue weighted by atomic mass is 19.4. The lowest BCUT2D eigenvalue weighted by Gasteiger charge is -2.08. The van der Waals surface area contributed by atoms with Crippen molar-refractivity contribution < 1.29 is 22.0 Å². The molecule has 0 aliphatic rings. The number of halogens is 5. The van der Waals surface area contributed by atoms with E-state index >= 15 is 0 Å². The van der Waals surface area contributed by atoms with Crippen molar-refractivity contribution in [2.45, 2.75) is 6.18 Å². The Morgan fingerprint density at radius 2 is 1.54 bits per heavy atom. The van der Waals surface area contributed by atoms with Crippen molar-refractivity contribution in [3.8, 4) is 0 Å². The summed E-state index contributed by atoms with van der Waals surface area (Å²) in [6.07, 6.45) is -4.82. The molecule has 0 aliphatic heterocycles. The smallest absolute Gasteiger partial charge is 0.207 e. The summed E-state index contributed by atoms with van der Waals surface area (Å²) in [5.74, 6) is -2.72. The fraction of sp³-hybridized carbons (Fsp3) is 0.125. The van der Waals surface area contributed by atoms with Gasteiger partial charge < -0.3 is 0 Å². The minimum absolute atomic E-state index is 0.172. The summed E-state index contributed by atoms with van der Waals surface area (Å²) in [5.41, 5.74) is -1.98. The topological polar surface area (TPSA) is 0 Å². The average molecular weight is 195 g/mol. The molecule has 0 aliphatic carbocycles. The second-order valence-electron chi connectivity index (χ2n) is 2.42. The van der Waals surface area contributed by atoms with E-state index in [2.05, 4.69) is 6.92 Å². The molecule has 0 atom stereocenters. The number of rotatable bonds is 0. The first-order valence-electron chi connectivity index (χ1n) is 3.20. The molecule has 0 N–H and O–H groups in total. The van der Waals surface area contributed by atoms with Gasteiger partial charge in [0.1, 0.15) is 11.6 Å². The Balaban J connectivity index is 3.32. The molecular weight excluding hydrogens is 191 g/mol. The first-order chi connectivity index (χ1) is 5.82. The highest BCUT2D eigenvalue weighted by Crippen LogP contribution is 2.32. The molecule has 0 spiro atoms. The van der Waals surface area contributed by atoms with Crippen molar-refractivity contribution in [2.24, 2.45) is 0 Å². The lowest BCUT2D eigenvalue weighted by Crippen LogP contribution is -2.09. The zero-order valence-electron chi connectivity index (χ0n) is 6.25. The molecule has 0 nitrogen and oxygen atoms in total. The minimum atomic E-state index is -4.82. The minimum Gasteiger partial charge on any atom is -0.207 e. The lowest BCUT2D eigenvalue weighted by atomic mass is 10.1. The molecular formula is C8H4F5. The van der Waals surface area contributed by atoms with E-state index in [1.807, 2.05) is 0 Å². The Bertz CT molecular complexity index is 326. The quantitative estimate of drug-likeness (QED) is 0.558. The molecule has 0 unspecified atom stereocenters. The van der Waals surface area contributed by atoms with Crippen LogP contribution in [0.5, 0.6) is 0 Å². The first-order valence-corrected chi connectivity index (χ1v) is 3.20. The molecule has 71 valence electrons. The molecule has 0 fully saturated rings. The largest absolute Gasteiger partial charge is 0.419 e. The Morgan fingerprint density at radius 1 is 1.00 bits per heavy atom. The zero-order valence-corrected chi connectivity index (χ0v) is 6.25. The van der Waals surface area contributed by atoms with Crippen molar-refractivity contribution >= 4 is 0 Å². The van der Waals surface area contributed by atoms with Crippen molar-refractivity contribution in [3.05, 3.63) is 41.8 Å². The number of benzene rings is 1. The number of alkyl halides is 3. The SMILES string of the molecule is [CH2]c1cc(C(F)(F)F)c(F)cc1F. The predicted molar refractivity (Wildman–Crippen MR) is 35.8 cm³/mol. The van der Waals surface area contributed by atoms with E-state index < -0.39 is 28.9 Å². The van der Waals surface area contributed by atoms with Crippen molar-refractivity contribution in [3.63, 3.8) is 0 Å². The maximum absolute atomic E-state index is 12.5. The van der Waals surface area contributed by atoms with Gasteiger partial charge in [0.05, 0.1) is 5.56 Å². The van der Waals surface area contributed by atoms with Crippen LogP contribution >= 0.6 is 0 Å². The van der Waals surface area contributed by atoms with E-state index in [0.29, 0.717) is 6.07 Å². The molecule has 0 amide bonds. The van der Waals surface area contributed by atoms with Gasteiger partial charge in [-0.05, 0) is 18.6 Å². The van der Waals surface area contributed by atoms with Gasteiger partial charge in [-0.3, -0.25) is 0 Å². The van der Waals surface area contributed by atoms with Gasteiger partial charge >= 0.3 is 6.18 Å². The van der Waals surface area contributed by atoms with E-state index in [1.165, 1.54) is 0 Å². The molecule has 1 radical (unpaired) electrons. The highest BCUT2D eigenvalue weighted by Gasteiger charge is 2.34. The van der Waals surface area contributed by atoms with E-state index in [1.54, 1.807) is 0 Å². The van der Waals surface area contributed by atoms with Gasteiger partial charge in [-0.1, -0.05) is 0 Å². The third-order valence-electron chi connectivity index (χ3n) is 1.44. The fourth-order valence-corrected chi connectivity index (χ4v) is 0.811. The summed E-state index contributed by atoms with van der Waals surface area (Å²) in [7, 11) is 0. The summed E-state index contributed by atoms with van der Waals surface area (Å²) in [4.78, 5) is 0. The number of hydrogen-bond acceptors (Lipinski definition) is 0. The highest BCUT2D eigenvalue weighted by molar-refractivity contribution is 5.30. The Morgan fingerprint density at radius 3 is 2.00 bits per heavy atom. The molecule has 5 heteroatoms. The van der Waals surface area contributed by atoms with Crippen LogP contribution in [0.1, 0.15) is 11.1 Å². The monoisotopic (exact) mass is 195 g/mol. The van der Waals surface area contributed by atoms with Gasteiger partial charge in [-0.15, -0.1) is 0 Å². The molecule has 0 saturated carbocycles. The van der Waals surface area contributed by atoms with Gasteiger partial charge in [0.2, 0.25) is 0 Å². The summed E-state index contributed by atoms with van der Waals surface area (Å²) >= 11 is 0. The second-order valence-corrected chi connectivity index (χ2v) is 2.42. The Kier molecular flexibility index (Phi) is 2.28. The van der Waals surface area contributed by atoms with Crippen LogP contribution in [-0.4, -0.2) is 0 Å². The van der Waals surface area contributed by atoms with Crippen LogP contribution in [0.15, 0.2) is 12.1 Å². The van der Waals surface area contributed by atoms with E-state index in [9.17, 15) is 22.0 Å². The average Bonchev–Trinajstić information content (AvgIpc) is 1.94. The van der Waals surface area contributed by atoms with Crippen LogP contribution in [0.25, 0.3) is 0 Å². The molecule has 1 rings (SSSR count). The van der Waals surface area contributed by atoms with Gasteiger partial charge in [-0.2, -0.15) is 13.2 Å². The first kappa shape index (κ1) is 9.95. The van der Waals surface area contributed by atoms with Gasteiger partial charge in [0.15, 0.2) is 0 Å². The zero-order chi connectivity index (χ0) is 10.2.